The van der Waals surface area contributed by atoms with Crippen molar-refractivity contribution >= 4 is 34.7 Å². The van der Waals surface area contributed by atoms with Crippen LogP contribution >= 0.6 is 0 Å². The molecule has 0 saturated heterocycles. The number of imidazole rings is 1. The molecule has 0 bridgehead atoms. The number of carbonyl (C=O) groups is 1. The molecule has 0 saturated carbocycles. The van der Waals surface area contributed by atoms with Crippen LogP contribution in [-0.4, -0.2) is 25.4 Å². The summed E-state index contributed by atoms with van der Waals surface area (Å²) in [4.78, 5) is 23.9. The highest BCUT2D eigenvalue weighted by Crippen LogP contribution is 2.20. The fraction of sp³-hybridized carbons (Fsp3) is 0.0476. The summed E-state index contributed by atoms with van der Waals surface area (Å²) >= 11 is 0. The maximum absolute atomic E-state index is 11.1. The Morgan fingerprint density at radius 1 is 0.862 bits per heavy atom. The molecule has 0 aliphatic heterocycles. The van der Waals surface area contributed by atoms with E-state index in [0.29, 0.717) is 11.8 Å². The minimum atomic E-state index is -0.102. The number of hydrogen-bond acceptors (Lipinski definition) is 6. The Morgan fingerprint density at radius 3 is 2.24 bits per heavy atom. The number of anilines is 5. The van der Waals surface area contributed by atoms with Crippen LogP contribution < -0.4 is 16.0 Å². The van der Waals surface area contributed by atoms with Crippen LogP contribution in [0.4, 0.5) is 28.8 Å². The molecule has 4 aromatic rings. The van der Waals surface area contributed by atoms with Gasteiger partial charge in [-0.2, -0.15) is 4.98 Å². The zero-order chi connectivity index (χ0) is 20.1. The summed E-state index contributed by atoms with van der Waals surface area (Å²) < 4.78 is 1.93. The summed E-state index contributed by atoms with van der Waals surface area (Å²) in [5.74, 6) is 1.04. The largest absolute Gasteiger partial charge is 0.340 e. The van der Waals surface area contributed by atoms with Gasteiger partial charge >= 0.3 is 0 Å². The summed E-state index contributed by atoms with van der Waals surface area (Å²) in [7, 11) is 0. The molecule has 2 aromatic heterocycles. The third-order valence-corrected chi connectivity index (χ3v) is 4.06. The van der Waals surface area contributed by atoms with Crippen molar-refractivity contribution in [2.45, 2.75) is 6.92 Å². The van der Waals surface area contributed by atoms with Gasteiger partial charge in [-0.15, -0.1) is 0 Å². The van der Waals surface area contributed by atoms with Gasteiger partial charge in [0.05, 0.1) is 6.33 Å². The van der Waals surface area contributed by atoms with Gasteiger partial charge in [-0.25, -0.2) is 9.97 Å². The fourth-order valence-corrected chi connectivity index (χ4v) is 2.73. The Labute approximate surface area is 167 Å². The van der Waals surface area contributed by atoms with Crippen molar-refractivity contribution in [1.29, 1.82) is 0 Å². The van der Waals surface area contributed by atoms with Gasteiger partial charge in [0.25, 0.3) is 0 Å². The van der Waals surface area contributed by atoms with Gasteiger partial charge in [-0.3, -0.25) is 4.79 Å². The van der Waals surface area contributed by atoms with E-state index in [4.69, 9.17) is 0 Å². The van der Waals surface area contributed by atoms with Crippen LogP contribution in [0.15, 0.2) is 79.5 Å². The van der Waals surface area contributed by atoms with Crippen molar-refractivity contribution in [2.24, 2.45) is 0 Å². The SMILES string of the molecule is CC(=O)Nc1ccc(Nc2ccnc(Nc3ccc(-n4ccnc4)cc3)n2)cc1. The fourth-order valence-electron chi connectivity index (χ4n) is 2.73. The zero-order valence-corrected chi connectivity index (χ0v) is 15.7. The van der Waals surface area contributed by atoms with E-state index in [1.165, 1.54) is 6.92 Å². The molecule has 29 heavy (non-hydrogen) atoms. The quantitative estimate of drug-likeness (QED) is 0.462. The molecular formula is C21H19N7O. The van der Waals surface area contributed by atoms with Crippen molar-refractivity contribution in [3.8, 4) is 5.69 Å². The number of hydrogen-bond donors (Lipinski definition) is 3. The third-order valence-electron chi connectivity index (χ3n) is 4.06. The van der Waals surface area contributed by atoms with E-state index in [2.05, 4.69) is 30.9 Å². The lowest BCUT2D eigenvalue weighted by atomic mass is 10.2. The molecular weight excluding hydrogens is 366 g/mol. The molecule has 0 fully saturated rings. The number of benzene rings is 2. The van der Waals surface area contributed by atoms with Crippen molar-refractivity contribution in [2.75, 3.05) is 16.0 Å². The molecule has 8 nitrogen and oxygen atoms in total. The Bertz CT molecular complexity index is 1090. The first-order valence-corrected chi connectivity index (χ1v) is 8.99. The highest BCUT2D eigenvalue weighted by Gasteiger charge is 2.03. The smallest absolute Gasteiger partial charge is 0.229 e. The van der Waals surface area contributed by atoms with Crippen molar-refractivity contribution in [1.82, 2.24) is 19.5 Å². The van der Waals surface area contributed by atoms with Crippen LogP contribution in [0.5, 0.6) is 0 Å². The lowest BCUT2D eigenvalue weighted by Gasteiger charge is -2.10. The van der Waals surface area contributed by atoms with E-state index in [0.717, 1.165) is 22.7 Å². The third kappa shape index (κ3) is 4.75. The first-order valence-electron chi connectivity index (χ1n) is 8.99. The maximum atomic E-state index is 11.1. The number of rotatable bonds is 6. The summed E-state index contributed by atoms with van der Waals surface area (Å²) in [6.07, 6.45) is 7.07. The van der Waals surface area contributed by atoms with E-state index in [1.807, 2.05) is 59.3 Å². The molecule has 144 valence electrons. The summed E-state index contributed by atoms with van der Waals surface area (Å²) in [5, 5.41) is 9.16. The van der Waals surface area contributed by atoms with Crippen molar-refractivity contribution in [3.63, 3.8) is 0 Å². The molecule has 1 amide bonds. The number of aromatic nitrogens is 4. The normalized spacial score (nSPS) is 10.4. The predicted molar refractivity (Wildman–Crippen MR) is 113 cm³/mol. The Balaban J connectivity index is 1.42. The second-order valence-electron chi connectivity index (χ2n) is 6.29. The number of nitrogens with one attached hydrogen (secondary N) is 3. The molecule has 0 atom stereocenters. The molecule has 8 heteroatoms. The topological polar surface area (TPSA) is 96.8 Å². The Morgan fingerprint density at radius 2 is 1.55 bits per heavy atom. The molecule has 2 aromatic carbocycles. The van der Waals surface area contributed by atoms with E-state index in [1.54, 1.807) is 24.8 Å². The van der Waals surface area contributed by atoms with E-state index >= 15 is 0 Å². The van der Waals surface area contributed by atoms with Crippen LogP contribution in [0.3, 0.4) is 0 Å². The minimum absolute atomic E-state index is 0.102. The molecule has 4 rings (SSSR count). The van der Waals surface area contributed by atoms with Crippen LogP contribution in [0, 0.1) is 0 Å². The number of amides is 1. The van der Waals surface area contributed by atoms with Gasteiger partial charge in [0, 0.05) is 48.3 Å². The highest BCUT2D eigenvalue weighted by atomic mass is 16.1. The van der Waals surface area contributed by atoms with Gasteiger partial charge in [0.2, 0.25) is 11.9 Å². The number of carbonyl (C=O) groups excluding carboxylic acids is 1. The molecule has 0 spiro atoms. The lowest BCUT2D eigenvalue weighted by molar-refractivity contribution is -0.114. The van der Waals surface area contributed by atoms with Gasteiger partial charge in [-0.05, 0) is 54.6 Å². The zero-order valence-electron chi connectivity index (χ0n) is 15.7. The second kappa shape index (κ2) is 8.22. The average Bonchev–Trinajstić information content (AvgIpc) is 3.25. The minimum Gasteiger partial charge on any atom is -0.340 e. The van der Waals surface area contributed by atoms with Gasteiger partial charge in [-0.1, -0.05) is 0 Å². The second-order valence-corrected chi connectivity index (χ2v) is 6.29. The van der Waals surface area contributed by atoms with Crippen LogP contribution in [0.2, 0.25) is 0 Å². The molecule has 0 aliphatic carbocycles. The monoisotopic (exact) mass is 385 g/mol. The predicted octanol–water partition coefficient (Wildman–Crippen LogP) is 4.11. The highest BCUT2D eigenvalue weighted by molar-refractivity contribution is 5.88. The lowest BCUT2D eigenvalue weighted by Crippen LogP contribution is -2.05. The first kappa shape index (κ1) is 18.2. The van der Waals surface area contributed by atoms with Gasteiger partial charge in [0.15, 0.2) is 0 Å². The molecule has 2 heterocycles. The van der Waals surface area contributed by atoms with E-state index < -0.39 is 0 Å². The van der Waals surface area contributed by atoms with Crippen molar-refractivity contribution in [3.05, 3.63) is 79.5 Å². The Kier molecular flexibility index (Phi) is 5.15. The van der Waals surface area contributed by atoms with E-state index in [9.17, 15) is 4.79 Å². The van der Waals surface area contributed by atoms with Crippen LogP contribution in [-0.2, 0) is 4.79 Å². The van der Waals surface area contributed by atoms with Gasteiger partial charge in [0.1, 0.15) is 5.82 Å². The van der Waals surface area contributed by atoms with Crippen molar-refractivity contribution < 1.29 is 4.79 Å². The summed E-state index contributed by atoms with van der Waals surface area (Å²) in [6, 6.07) is 17.1. The summed E-state index contributed by atoms with van der Waals surface area (Å²) in [6.45, 7) is 1.48. The van der Waals surface area contributed by atoms with Crippen LogP contribution in [0.1, 0.15) is 6.92 Å². The molecule has 0 radical (unpaired) electrons. The summed E-state index contributed by atoms with van der Waals surface area (Å²) in [5.41, 5.74) is 3.50. The maximum Gasteiger partial charge on any atom is 0.229 e. The standard InChI is InChI=1S/C21H19N7O/c1-15(29)24-16-2-4-17(5-3-16)25-20-10-11-23-21(27-20)26-18-6-8-19(9-7-18)28-13-12-22-14-28/h2-14H,1H3,(H,24,29)(H2,23,25,26,27). The first-order chi connectivity index (χ1) is 14.2. The van der Waals surface area contributed by atoms with Gasteiger partial charge < -0.3 is 20.5 Å². The molecule has 0 unspecified atom stereocenters. The van der Waals surface area contributed by atoms with Crippen LogP contribution in [0.25, 0.3) is 5.69 Å². The Hall–Kier alpha value is -4.20. The molecule has 0 aliphatic rings. The molecule has 3 N–H and O–H groups in total. The van der Waals surface area contributed by atoms with E-state index in [-0.39, 0.29) is 5.91 Å². The average molecular weight is 385 g/mol. The number of nitrogens with zero attached hydrogens (tertiary/aromatic N) is 4.